The number of hydrogen-bond acceptors (Lipinski definition) is 1. The van der Waals surface area contributed by atoms with Crippen molar-refractivity contribution in [3.63, 3.8) is 0 Å². The highest BCUT2D eigenvalue weighted by molar-refractivity contribution is 9.08. The van der Waals surface area contributed by atoms with Gasteiger partial charge in [0.2, 0.25) is 0 Å². The number of fused-ring (bicyclic) bond motifs is 1. The summed E-state index contributed by atoms with van der Waals surface area (Å²) in [6.45, 7) is 2.16. The van der Waals surface area contributed by atoms with Crippen LogP contribution in [-0.2, 0) is 5.33 Å². The van der Waals surface area contributed by atoms with Crippen molar-refractivity contribution in [2.75, 3.05) is 0 Å². The number of aromatic nitrogens is 2. The molecule has 2 nitrogen and oxygen atoms in total. The Morgan fingerprint density at radius 3 is 2.95 bits per heavy atom. The first kappa shape index (κ1) is 13.7. The normalized spacial score (nSPS) is 14.9. The average Bonchev–Trinajstić information content (AvgIpc) is 2.75. The number of unbranched alkanes of at least 4 members (excludes halogenated alkanes) is 1. The van der Waals surface area contributed by atoms with Gasteiger partial charge in [0, 0.05) is 35.6 Å². The molecule has 104 valence electrons. The van der Waals surface area contributed by atoms with Crippen LogP contribution in [0.25, 0.3) is 11.0 Å². The van der Waals surface area contributed by atoms with Crippen molar-refractivity contribution in [1.29, 1.82) is 0 Å². The lowest BCUT2D eigenvalue weighted by molar-refractivity contribution is 0.320. The van der Waals surface area contributed by atoms with Gasteiger partial charge in [-0.3, -0.25) is 0 Å². The second kappa shape index (κ2) is 6.01. The highest BCUT2D eigenvalue weighted by Crippen LogP contribution is 2.35. The van der Waals surface area contributed by atoms with Gasteiger partial charge in [0.25, 0.3) is 0 Å². The maximum Gasteiger partial charge on any atom is 0.141 e. The number of nitrogens with zero attached hydrogens (tertiary/aromatic N) is 2. The van der Waals surface area contributed by atoms with E-state index in [2.05, 4.69) is 56.5 Å². The Kier molecular flexibility index (Phi) is 4.12. The molecule has 3 rings (SSSR count). The smallest absolute Gasteiger partial charge is 0.141 e. The van der Waals surface area contributed by atoms with Gasteiger partial charge in [0.1, 0.15) is 5.65 Å². The number of hydrogen-bond donors (Lipinski definition) is 0. The molecule has 20 heavy (non-hydrogen) atoms. The van der Waals surface area contributed by atoms with Crippen molar-refractivity contribution in [3.05, 3.63) is 29.6 Å². The van der Waals surface area contributed by atoms with Gasteiger partial charge >= 0.3 is 0 Å². The van der Waals surface area contributed by atoms with Crippen molar-refractivity contribution in [3.8, 4) is 11.8 Å². The zero-order valence-corrected chi connectivity index (χ0v) is 13.4. The molecule has 0 spiro atoms. The summed E-state index contributed by atoms with van der Waals surface area (Å²) >= 11 is 3.51. The summed E-state index contributed by atoms with van der Waals surface area (Å²) in [4.78, 5) is 4.67. The van der Waals surface area contributed by atoms with Gasteiger partial charge < -0.3 is 4.57 Å². The Balaban J connectivity index is 2.09. The molecule has 0 unspecified atom stereocenters. The minimum absolute atomic E-state index is 0.626. The van der Waals surface area contributed by atoms with Crippen molar-refractivity contribution in [2.45, 2.75) is 50.4 Å². The van der Waals surface area contributed by atoms with Crippen molar-refractivity contribution in [1.82, 2.24) is 9.55 Å². The van der Waals surface area contributed by atoms with E-state index < -0.39 is 0 Å². The van der Waals surface area contributed by atoms with E-state index in [1.54, 1.807) is 0 Å². The van der Waals surface area contributed by atoms with Crippen LogP contribution in [0, 0.1) is 11.8 Å². The summed E-state index contributed by atoms with van der Waals surface area (Å²) in [6.07, 6.45) is 10.1. The van der Waals surface area contributed by atoms with Crippen LogP contribution in [0.1, 0.15) is 56.2 Å². The third-order valence-corrected chi connectivity index (χ3v) is 4.59. The molecule has 2 aromatic rings. The van der Waals surface area contributed by atoms with Crippen LogP contribution in [0.5, 0.6) is 0 Å². The van der Waals surface area contributed by atoms with Gasteiger partial charge in [-0.1, -0.05) is 34.7 Å². The Labute approximate surface area is 128 Å². The molecule has 2 heterocycles. The molecular formula is C17H19BrN2. The first-order chi connectivity index (χ1) is 9.83. The van der Waals surface area contributed by atoms with E-state index in [9.17, 15) is 0 Å². The Bertz CT molecular complexity index is 671. The van der Waals surface area contributed by atoms with Gasteiger partial charge in [-0.25, -0.2) is 4.98 Å². The highest BCUT2D eigenvalue weighted by atomic mass is 79.9. The first-order valence-electron chi connectivity index (χ1n) is 7.37. The number of alkyl halides is 1. The Morgan fingerprint density at radius 2 is 2.30 bits per heavy atom. The lowest BCUT2D eigenvalue weighted by atomic mass is 9.93. The van der Waals surface area contributed by atoms with Gasteiger partial charge in [0.15, 0.2) is 0 Å². The van der Waals surface area contributed by atoms with Crippen LogP contribution < -0.4 is 0 Å². The molecule has 2 aromatic heterocycles. The van der Waals surface area contributed by atoms with E-state index in [0.717, 1.165) is 29.4 Å². The molecule has 3 heteroatoms. The number of halogens is 1. The first-order valence-corrected chi connectivity index (χ1v) is 8.50. The lowest BCUT2D eigenvalue weighted by Gasteiger charge is -2.27. The lowest BCUT2D eigenvalue weighted by Crippen LogP contribution is -2.16. The molecule has 0 bridgehead atoms. The van der Waals surface area contributed by atoms with Crippen molar-refractivity contribution < 1.29 is 0 Å². The van der Waals surface area contributed by atoms with E-state index >= 15 is 0 Å². The van der Waals surface area contributed by atoms with E-state index in [-0.39, 0.29) is 0 Å². The second-order valence-electron chi connectivity index (χ2n) is 5.43. The number of rotatable bonds is 3. The third kappa shape index (κ3) is 2.50. The van der Waals surface area contributed by atoms with Crippen LogP contribution in [0.15, 0.2) is 18.5 Å². The van der Waals surface area contributed by atoms with E-state index in [0.29, 0.717) is 6.04 Å². The van der Waals surface area contributed by atoms with Gasteiger partial charge in [-0.2, -0.15) is 0 Å². The monoisotopic (exact) mass is 330 g/mol. The maximum absolute atomic E-state index is 4.67. The SMILES string of the molecule is CCCC#Cc1cn(C2CCC2)c2ncc(CBr)cc12. The average molecular weight is 331 g/mol. The molecule has 0 amide bonds. The van der Waals surface area contributed by atoms with Gasteiger partial charge in [-0.05, 0) is 37.3 Å². The summed E-state index contributed by atoms with van der Waals surface area (Å²) in [5, 5.41) is 2.05. The predicted octanol–water partition coefficient (Wildman–Crippen LogP) is 4.81. The summed E-state index contributed by atoms with van der Waals surface area (Å²) < 4.78 is 2.34. The summed E-state index contributed by atoms with van der Waals surface area (Å²) in [5.74, 6) is 6.60. The molecule has 0 radical (unpaired) electrons. The quantitative estimate of drug-likeness (QED) is 0.583. The zero-order valence-electron chi connectivity index (χ0n) is 11.8. The fourth-order valence-electron chi connectivity index (χ4n) is 2.57. The van der Waals surface area contributed by atoms with Crippen LogP contribution in [-0.4, -0.2) is 9.55 Å². The molecule has 0 aromatic carbocycles. The van der Waals surface area contributed by atoms with E-state index in [4.69, 9.17) is 0 Å². The molecule has 0 saturated heterocycles. The number of pyridine rings is 1. The molecule has 0 atom stereocenters. The molecular weight excluding hydrogens is 312 g/mol. The summed E-state index contributed by atoms with van der Waals surface area (Å²) in [6, 6.07) is 2.85. The van der Waals surface area contributed by atoms with Gasteiger partial charge in [0.05, 0.1) is 5.56 Å². The second-order valence-corrected chi connectivity index (χ2v) is 6.00. The third-order valence-electron chi connectivity index (χ3n) is 3.95. The molecule has 1 saturated carbocycles. The maximum atomic E-state index is 4.67. The zero-order chi connectivity index (χ0) is 13.9. The fraction of sp³-hybridized carbons (Fsp3) is 0.471. The minimum Gasteiger partial charge on any atom is -0.328 e. The standard InChI is InChI=1S/C17H19BrN2/c1-2-3-4-6-14-12-20(15-7-5-8-15)17-16(14)9-13(10-18)11-19-17/h9,11-12,15H,2-3,5,7-8,10H2,1H3. The molecule has 1 fully saturated rings. The molecule has 0 aliphatic heterocycles. The fourth-order valence-corrected chi connectivity index (χ4v) is 2.88. The van der Waals surface area contributed by atoms with Crippen molar-refractivity contribution >= 4 is 27.0 Å². The highest BCUT2D eigenvalue weighted by Gasteiger charge is 2.22. The largest absolute Gasteiger partial charge is 0.328 e. The molecule has 1 aliphatic carbocycles. The van der Waals surface area contributed by atoms with Crippen molar-refractivity contribution in [2.24, 2.45) is 0 Å². The Hall–Kier alpha value is -1.27. The van der Waals surface area contributed by atoms with Crippen LogP contribution in [0.3, 0.4) is 0 Å². The van der Waals surface area contributed by atoms with Crippen LogP contribution in [0.4, 0.5) is 0 Å². The summed E-state index contributed by atoms with van der Waals surface area (Å²) in [7, 11) is 0. The predicted molar refractivity (Wildman–Crippen MR) is 87.0 cm³/mol. The molecule has 0 N–H and O–H groups in total. The molecule has 1 aliphatic rings. The van der Waals surface area contributed by atoms with Gasteiger partial charge in [-0.15, -0.1) is 0 Å². The topological polar surface area (TPSA) is 17.8 Å². The van der Waals surface area contributed by atoms with Crippen LogP contribution >= 0.6 is 15.9 Å². The summed E-state index contributed by atoms with van der Waals surface area (Å²) in [5.41, 5.74) is 3.44. The minimum atomic E-state index is 0.626. The van der Waals surface area contributed by atoms with E-state index in [1.807, 2.05) is 6.20 Å². The Morgan fingerprint density at radius 1 is 1.45 bits per heavy atom. The van der Waals surface area contributed by atoms with Crippen LogP contribution in [0.2, 0.25) is 0 Å². The van der Waals surface area contributed by atoms with E-state index in [1.165, 1.54) is 30.2 Å².